The predicted octanol–water partition coefficient (Wildman–Crippen LogP) is 4.34. The van der Waals surface area contributed by atoms with Gasteiger partial charge in [0.05, 0.1) is 10.6 Å². The maximum Gasteiger partial charge on any atom is 0.264 e. The summed E-state index contributed by atoms with van der Waals surface area (Å²) >= 11 is 1.65. The maximum atomic E-state index is 13.0. The van der Waals surface area contributed by atoms with Crippen molar-refractivity contribution in [2.24, 2.45) is 0 Å². The molecule has 0 spiro atoms. The molecule has 7 heteroatoms. The average molecular weight is 441 g/mol. The molecule has 0 saturated heterocycles. The number of thioether (sulfide) groups is 1. The molecule has 156 valence electrons. The Kier molecular flexibility index (Phi) is 7.18. The van der Waals surface area contributed by atoms with Crippen molar-refractivity contribution < 1.29 is 13.2 Å². The standard InChI is InChI=1S/C23H24N2O3S2/c1-18-11-13-20(14-12-18)25(2)30(27,28)22-10-6-7-19(17-22)23(26)24-15-16-29-21-8-4-3-5-9-21/h3-14,17H,15-16H2,1-2H3,(H,24,26). The number of hydrogen-bond acceptors (Lipinski definition) is 4. The Bertz CT molecular complexity index is 1100. The van der Waals surface area contributed by atoms with Gasteiger partial charge < -0.3 is 5.32 Å². The molecule has 0 heterocycles. The molecule has 3 aromatic carbocycles. The minimum Gasteiger partial charge on any atom is -0.351 e. The second-order valence-corrected chi connectivity index (χ2v) is 9.89. The summed E-state index contributed by atoms with van der Waals surface area (Å²) in [5, 5.41) is 2.85. The van der Waals surface area contributed by atoms with Crippen LogP contribution in [0.5, 0.6) is 0 Å². The number of aryl methyl sites for hydroxylation is 1. The highest BCUT2D eigenvalue weighted by molar-refractivity contribution is 7.99. The van der Waals surface area contributed by atoms with Gasteiger partial charge >= 0.3 is 0 Å². The number of amides is 1. The summed E-state index contributed by atoms with van der Waals surface area (Å²) in [5.74, 6) is 0.433. The van der Waals surface area contributed by atoms with Crippen LogP contribution in [0.1, 0.15) is 15.9 Å². The number of nitrogens with one attached hydrogen (secondary N) is 1. The minimum atomic E-state index is -3.77. The monoisotopic (exact) mass is 440 g/mol. The predicted molar refractivity (Wildman–Crippen MR) is 123 cm³/mol. The zero-order chi connectivity index (χ0) is 21.6. The fourth-order valence-corrected chi connectivity index (χ4v) is 4.83. The number of anilines is 1. The van der Waals surface area contributed by atoms with Crippen molar-refractivity contribution in [1.82, 2.24) is 5.32 Å². The topological polar surface area (TPSA) is 66.5 Å². The molecule has 1 amide bonds. The minimum absolute atomic E-state index is 0.0804. The van der Waals surface area contributed by atoms with Gasteiger partial charge in [-0.25, -0.2) is 8.42 Å². The van der Waals surface area contributed by atoms with Crippen LogP contribution in [0.3, 0.4) is 0 Å². The van der Waals surface area contributed by atoms with Gasteiger partial charge in [-0.15, -0.1) is 11.8 Å². The molecule has 30 heavy (non-hydrogen) atoms. The lowest BCUT2D eigenvalue weighted by atomic mass is 10.2. The lowest BCUT2D eigenvalue weighted by Gasteiger charge is -2.20. The van der Waals surface area contributed by atoms with E-state index in [1.807, 2.05) is 49.4 Å². The molecule has 0 aliphatic heterocycles. The van der Waals surface area contributed by atoms with E-state index in [1.54, 1.807) is 36.0 Å². The summed E-state index contributed by atoms with van der Waals surface area (Å²) in [6.45, 7) is 2.43. The second kappa shape index (κ2) is 9.82. The Labute approximate surface area is 182 Å². The van der Waals surface area contributed by atoms with Crippen molar-refractivity contribution in [2.45, 2.75) is 16.7 Å². The van der Waals surface area contributed by atoms with Crippen molar-refractivity contribution in [3.8, 4) is 0 Å². The summed E-state index contributed by atoms with van der Waals surface area (Å²) in [7, 11) is -2.27. The van der Waals surface area contributed by atoms with Gasteiger partial charge in [0, 0.05) is 29.8 Å². The number of benzene rings is 3. The highest BCUT2D eigenvalue weighted by atomic mass is 32.2. The van der Waals surface area contributed by atoms with E-state index in [2.05, 4.69) is 5.32 Å². The van der Waals surface area contributed by atoms with Gasteiger partial charge in [-0.3, -0.25) is 9.10 Å². The molecule has 0 fully saturated rings. The van der Waals surface area contributed by atoms with Crippen molar-refractivity contribution in [2.75, 3.05) is 23.7 Å². The summed E-state index contributed by atoms with van der Waals surface area (Å²) in [5.41, 5.74) is 1.93. The Morgan fingerprint density at radius 3 is 2.37 bits per heavy atom. The van der Waals surface area contributed by atoms with Gasteiger partial charge in [-0.1, -0.05) is 42.0 Å². The first-order valence-electron chi connectivity index (χ1n) is 9.49. The van der Waals surface area contributed by atoms with Gasteiger partial charge in [-0.05, 0) is 49.4 Å². The van der Waals surface area contributed by atoms with Crippen molar-refractivity contribution >= 4 is 33.4 Å². The highest BCUT2D eigenvalue weighted by Crippen LogP contribution is 2.23. The Hall–Kier alpha value is -2.77. The molecule has 0 unspecified atom stereocenters. The van der Waals surface area contributed by atoms with Crippen LogP contribution in [0.2, 0.25) is 0 Å². The molecule has 3 rings (SSSR count). The average Bonchev–Trinajstić information content (AvgIpc) is 2.77. The van der Waals surface area contributed by atoms with E-state index < -0.39 is 10.0 Å². The van der Waals surface area contributed by atoms with E-state index in [1.165, 1.54) is 23.5 Å². The highest BCUT2D eigenvalue weighted by Gasteiger charge is 2.22. The zero-order valence-electron chi connectivity index (χ0n) is 16.9. The molecule has 0 atom stereocenters. The number of rotatable bonds is 8. The lowest BCUT2D eigenvalue weighted by molar-refractivity contribution is 0.0956. The summed E-state index contributed by atoms with van der Waals surface area (Å²) in [6, 6.07) is 23.3. The van der Waals surface area contributed by atoms with E-state index in [9.17, 15) is 13.2 Å². The molecule has 0 saturated carbocycles. The van der Waals surface area contributed by atoms with Crippen LogP contribution in [0.4, 0.5) is 5.69 Å². The van der Waals surface area contributed by atoms with Crippen LogP contribution in [-0.2, 0) is 10.0 Å². The molecule has 0 bridgehead atoms. The Morgan fingerprint density at radius 2 is 1.67 bits per heavy atom. The maximum absolute atomic E-state index is 13.0. The van der Waals surface area contributed by atoms with Crippen LogP contribution in [0.15, 0.2) is 88.7 Å². The quantitative estimate of drug-likeness (QED) is 0.418. The summed E-state index contributed by atoms with van der Waals surface area (Å²) < 4.78 is 27.2. The molecule has 0 aromatic heterocycles. The van der Waals surface area contributed by atoms with Crippen LogP contribution < -0.4 is 9.62 Å². The third kappa shape index (κ3) is 5.43. The van der Waals surface area contributed by atoms with E-state index in [4.69, 9.17) is 0 Å². The Morgan fingerprint density at radius 1 is 0.967 bits per heavy atom. The SMILES string of the molecule is Cc1ccc(N(C)S(=O)(=O)c2cccc(C(=O)NCCSc3ccccc3)c2)cc1. The zero-order valence-corrected chi connectivity index (χ0v) is 18.5. The molecular formula is C23H24N2O3S2. The molecule has 3 aromatic rings. The third-order valence-electron chi connectivity index (χ3n) is 4.55. The number of carbonyl (C=O) groups excluding carboxylic acids is 1. The van der Waals surface area contributed by atoms with Crippen molar-refractivity contribution in [1.29, 1.82) is 0 Å². The second-order valence-electron chi connectivity index (χ2n) is 6.75. The third-order valence-corrected chi connectivity index (χ3v) is 7.35. The van der Waals surface area contributed by atoms with E-state index in [0.717, 1.165) is 16.2 Å². The molecule has 0 aliphatic carbocycles. The van der Waals surface area contributed by atoms with E-state index in [-0.39, 0.29) is 10.8 Å². The molecular weight excluding hydrogens is 416 g/mol. The molecule has 5 nitrogen and oxygen atoms in total. The lowest BCUT2D eigenvalue weighted by Crippen LogP contribution is -2.28. The molecule has 1 N–H and O–H groups in total. The first-order chi connectivity index (χ1) is 14.4. The smallest absolute Gasteiger partial charge is 0.264 e. The van der Waals surface area contributed by atoms with E-state index in [0.29, 0.717) is 17.8 Å². The van der Waals surface area contributed by atoms with Crippen LogP contribution in [-0.4, -0.2) is 33.7 Å². The van der Waals surface area contributed by atoms with Crippen molar-refractivity contribution in [3.05, 3.63) is 90.0 Å². The van der Waals surface area contributed by atoms with Crippen LogP contribution >= 0.6 is 11.8 Å². The van der Waals surface area contributed by atoms with Gasteiger partial charge in [0.15, 0.2) is 0 Å². The number of nitrogens with zero attached hydrogens (tertiary/aromatic N) is 1. The fourth-order valence-electron chi connectivity index (χ4n) is 2.80. The van der Waals surface area contributed by atoms with Crippen LogP contribution in [0.25, 0.3) is 0 Å². The van der Waals surface area contributed by atoms with Crippen LogP contribution in [0, 0.1) is 6.92 Å². The fraction of sp³-hybridized carbons (Fsp3) is 0.174. The van der Waals surface area contributed by atoms with Gasteiger partial charge in [0.25, 0.3) is 15.9 Å². The van der Waals surface area contributed by atoms with E-state index >= 15 is 0 Å². The number of carbonyl (C=O) groups is 1. The number of sulfonamides is 1. The van der Waals surface area contributed by atoms with Crippen molar-refractivity contribution in [3.63, 3.8) is 0 Å². The molecule has 0 radical (unpaired) electrons. The van der Waals surface area contributed by atoms with Gasteiger partial charge in [0.2, 0.25) is 0 Å². The normalized spacial score (nSPS) is 11.1. The first kappa shape index (κ1) is 21.9. The number of hydrogen-bond donors (Lipinski definition) is 1. The van der Waals surface area contributed by atoms with Gasteiger partial charge in [0.1, 0.15) is 0 Å². The van der Waals surface area contributed by atoms with Gasteiger partial charge in [-0.2, -0.15) is 0 Å². The molecule has 0 aliphatic rings. The summed E-state index contributed by atoms with van der Waals surface area (Å²) in [4.78, 5) is 13.7. The first-order valence-corrected chi connectivity index (χ1v) is 11.9. The Balaban J connectivity index is 1.65. The summed E-state index contributed by atoms with van der Waals surface area (Å²) in [6.07, 6.45) is 0. The largest absolute Gasteiger partial charge is 0.351 e.